The summed E-state index contributed by atoms with van der Waals surface area (Å²) in [5.74, 6) is 0.604. The fourth-order valence-corrected chi connectivity index (χ4v) is 2.89. The molecule has 90 valence electrons. The van der Waals surface area contributed by atoms with E-state index in [0.717, 1.165) is 19.5 Å². The second-order valence-corrected chi connectivity index (χ2v) is 5.34. The molecule has 1 aliphatic heterocycles. The van der Waals surface area contributed by atoms with Crippen molar-refractivity contribution in [2.75, 3.05) is 6.54 Å². The van der Waals surface area contributed by atoms with E-state index in [4.69, 9.17) is 0 Å². The average Bonchev–Trinajstić information content (AvgIpc) is 2.64. The minimum absolute atomic E-state index is 0.604. The lowest BCUT2D eigenvalue weighted by atomic mass is 9.99. The number of aromatic nitrogens is 1. The Morgan fingerprint density at radius 2 is 2.12 bits per heavy atom. The molecule has 0 radical (unpaired) electrons. The summed E-state index contributed by atoms with van der Waals surface area (Å²) in [7, 11) is 2.20. The highest BCUT2D eigenvalue weighted by Gasteiger charge is 2.18. The topological polar surface area (TPSA) is 17.0 Å². The summed E-state index contributed by atoms with van der Waals surface area (Å²) in [5.41, 5.74) is 5.84. The second-order valence-electron chi connectivity index (χ2n) is 5.34. The predicted octanol–water partition coefficient (Wildman–Crippen LogP) is 2.95. The van der Waals surface area contributed by atoms with Crippen molar-refractivity contribution < 1.29 is 0 Å². The molecule has 0 atom stereocenters. The average molecular weight is 228 g/mol. The summed E-state index contributed by atoms with van der Waals surface area (Å²) >= 11 is 0. The van der Waals surface area contributed by atoms with Gasteiger partial charge in [0.2, 0.25) is 0 Å². The Morgan fingerprint density at radius 1 is 1.29 bits per heavy atom. The van der Waals surface area contributed by atoms with Gasteiger partial charge in [0, 0.05) is 43.2 Å². The van der Waals surface area contributed by atoms with Gasteiger partial charge in [-0.25, -0.2) is 0 Å². The number of benzene rings is 1. The van der Waals surface area contributed by atoms with Crippen LogP contribution in [0.15, 0.2) is 18.2 Å². The van der Waals surface area contributed by atoms with Gasteiger partial charge in [-0.05, 0) is 29.2 Å². The quantitative estimate of drug-likeness (QED) is 0.794. The van der Waals surface area contributed by atoms with Crippen molar-refractivity contribution in [1.29, 1.82) is 0 Å². The Bertz CT molecular complexity index is 564. The summed E-state index contributed by atoms with van der Waals surface area (Å²) < 4.78 is 2.37. The molecule has 17 heavy (non-hydrogen) atoms. The van der Waals surface area contributed by atoms with Crippen LogP contribution in [0.3, 0.4) is 0 Å². The lowest BCUT2D eigenvalue weighted by Crippen LogP contribution is -2.24. The van der Waals surface area contributed by atoms with E-state index in [1.54, 1.807) is 0 Å². The molecule has 0 saturated carbocycles. The first-order valence-electron chi connectivity index (χ1n) is 6.49. The van der Waals surface area contributed by atoms with Gasteiger partial charge in [0.25, 0.3) is 0 Å². The number of fused-ring (bicyclic) bond motifs is 3. The van der Waals surface area contributed by atoms with Crippen LogP contribution in [0.4, 0.5) is 0 Å². The highest BCUT2D eigenvalue weighted by Crippen LogP contribution is 2.30. The Kier molecular flexibility index (Phi) is 2.48. The van der Waals surface area contributed by atoms with Gasteiger partial charge < -0.3 is 9.88 Å². The van der Waals surface area contributed by atoms with Crippen LogP contribution < -0.4 is 5.32 Å². The van der Waals surface area contributed by atoms with Crippen LogP contribution in [0.2, 0.25) is 0 Å². The molecule has 0 unspecified atom stereocenters. The molecule has 2 nitrogen and oxygen atoms in total. The van der Waals surface area contributed by atoms with Crippen molar-refractivity contribution in [3.05, 3.63) is 35.0 Å². The molecule has 0 spiro atoms. The highest BCUT2D eigenvalue weighted by molar-refractivity contribution is 5.86. The molecule has 1 N–H and O–H groups in total. The maximum absolute atomic E-state index is 3.48. The van der Waals surface area contributed by atoms with Crippen molar-refractivity contribution in [3.8, 4) is 0 Å². The van der Waals surface area contributed by atoms with Crippen molar-refractivity contribution in [2.45, 2.75) is 32.7 Å². The minimum atomic E-state index is 0.604. The third kappa shape index (κ3) is 1.59. The van der Waals surface area contributed by atoms with Gasteiger partial charge in [-0.1, -0.05) is 19.9 Å². The largest absolute Gasteiger partial charge is 0.347 e. The summed E-state index contributed by atoms with van der Waals surface area (Å²) in [4.78, 5) is 0. The standard InChI is InChI=1S/C15H20N2/c1-10(2)11-4-5-14-12(8-11)13-9-16-7-6-15(13)17(14)3/h4-5,8,10,16H,6-7,9H2,1-3H3. The molecule has 1 aliphatic rings. The first kappa shape index (κ1) is 10.8. The molecule has 1 aromatic heterocycles. The molecule has 1 aromatic carbocycles. The molecule has 2 heteroatoms. The number of hydrogen-bond acceptors (Lipinski definition) is 1. The fourth-order valence-electron chi connectivity index (χ4n) is 2.89. The zero-order valence-electron chi connectivity index (χ0n) is 10.9. The maximum Gasteiger partial charge on any atom is 0.0483 e. The van der Waals surface area contributed by atoms with Crippen LogP contribution >= 0.6 is 0 Å². The minimum Gasteiger partial charge on any atom is -0.347 e. The molecule has 0 amide bonds. The Labute approximate surface area is 103 Å². The van der Waals surface area contributed by atoms with Crippen molar-refractivity contribution in [3.63, 3.8) is 0 Å². The van der Waals surface area contributed by atoms with E-state index in [1.165, 1.54) is 27.7 Å². The van der Waals surface area contributed by atoms with E-state index in [0.29, 0.717) is 5.92 Å². The van der Waals surface area contributed by atoms with Gasteiger partial charge in [0.05, 0.1) is 0 Å². The van der Waals surface area contributed by atoms with E-state index in [-0.39, 0.29) is 0 Å². The van der Waals surface area contributed by atoms with Crippen LogP contribution in [0, 0.1) is 0 Å². The molecule has 0 aliphatic carbocycles. The van der Waals surface area contributed by atoms with Gasteiger partial charge in [-0.2, -0.15) is 0 Å². The predicted molar refractivity (Wildman–Crippen MR) is 72.4 cm³/mol. The normalized spacial score (nSPS) is 15.5. The van der Waals surface area contributed by atoms with Crippen LogP contribution in [-0.2, 0) is 20.0 Å². The summed E-state index contributed by atoms with van der Waals surface area (Å²) in [5, 5.41) is 4.93. The summed E-state index contributed by atoms with van der Waals surface area (Å²) in [6.45, 7) is 6.64. The number of aryl methyl sites for hydroxylation is 1. The lowest BCUT2D eigenvalue weighted by Gasteiger charge is -2.14. The van der Waals surface area contributed by atoms with Gasteiger partial charge >= 0.3 is 0 Å². The molecule has 0 bridgehead atoms. The fraction of sp³-hybridized carbons (Fsp3) is 0.467. The zero-order chi connectivity index (χ0) is 12.0. The van der Waals surface area contributed by atoms with Gasteiger partial charge in [0.1, 0.15) is 0 Å². The third-order valence-electron chi connectivity index (χ3n) is 3.97. The van der Waals surface area contributed by atoms with E-state index < -0.39 is 0 Å². The van der Waals surface area contributed by atoms with Crippen molar-refractivity contribution >= 4 is 10.9 Å². The van der Waals surface area contributed by atoms with E-state index in [9.17, 15) is 0 Å². The molecule has 3 rings (SSSR count). The van der Waals surface area contributed by atoms with Gasteiger partial charge in [-0.15, -0.1) is 0 Å². The molecule has 2 aromatic rings. The molecule has 0 saturated heterocycles. The van der Waals surface area contributed by atoms with Crippen LogP contribution in [-0.4, -0.2) is 11.1 Å². The number of hydrogen-bond donors (Lipinski definition) is 1. The van der Waals surface area contributed by atoms with E-state index in [2.05, 4.69) is 49.0 Å². The Morgan fingerprint density at radius 3 is 2.88 bits per heavy atom. The molecule has 0 fully saturated rings. The van der Waals surface area contributed by atoms with E-state index in [1.807, 2.05) is 0 Å². The molecule has 2 heterocycles. The van der Waals surface area contributed by atoms with Crippen LogP contribution in [0.25, 0.3) is 10.9 Å². The number of rotatable bonds is 1. The lowest BCUT2D eigenvalue weighted by molar-refractivity contribution is 0.622. The zero-order valence-corrected chi connectivity index (χ0v) is 10.9. The first-order valence-corrected chi connectivity index (χ1v) is 6.49. The van der Waals surface area contributed by atoms with Gasteiger partial charge in [-0.3, -0.25) is 0 Å². The SMILES string of the molecule is CC(C)c1ccc2c(c1)c1c(n2C)CCNC1. The van der Waals surface area contributed by atoms with Gasteiger partial charge in [0.15, 0.2) is 0 Å². The molecular formula is C15H20N2. The summed E-state index contributed by atoms with van der Waals surface area (Å²) in [6.07, 6.45) is 1.15. The Balaban J connectivity index is 2.28. The van der Waals surface area contributed by atoms with Crippen molar-refractivity contribution in [1.82, 2.24) is 9.88 Å². The summed E-state index contributed by atoms with van der Waals surface area (Å²) in [6, 6.07) is 6.93. The maximum atomic E-state index is 3.48. The van der Waals surface area contributed by atoms with Crippen LogP contribution in [0.5, 0.6) is 0 Å². The molecular weight excluding hydrogens is 208 g/mol. The number of nitrogens with one attached hydrogen (secondary N) is 1. The smallest absolute Gasteiger partial charge is 0.0483 e. The second kappa shape index (κ2) is 3.88. The van der Waals surface area contributed by atoms with Crippen LogP contribution in [0.1, 0.15) is 36.6 Å². The third-order valence-corrected chi connectivity index (χ3v) is 3.97. The van der Waals surface area contributed by atoms with E-state index >= 15 is 0 Å². The highest BCUT2D eigenvalue weighted by atomic mass is 15.0. The van der Waals surface area contributed by atoms with Crippen molar-refractivity contribution in [2.24, 2.45) is 7.05 Å². The first-order chi connectivity index (χ1) is 8.18. The monoisotopic (exact) mass is 228 g/mol. The Hall–Kier alpha value is -1.28. The number of nitrogens with zero attached hydrogens (tertiary/aromatic N) is 1.